The molecule has 0 saturated carbocycles. The lowest BCUT2D eigenvalue weighted by molar-refractivity contribution is -0.565. The molecule has 0 spiro atoms. The van der Waals surface area contributed by atoms with Gasteiger partial charge in [-0.2, -0.15) is 4.57 Å². The molecule has 1 nitrogen and oxygen atoms in total. The third-order valence-corrected chi connectivity index (χ3v) is 7.74. The van der Waals surface area contributed by atoms with E-state index in [0.29, 0.717) is 0 Å². The molecule has 7 aromatic carbocycles. The van der Waals surface area contributed by atoms with Crippen molar-refractivity contribution in [1.82, 2.24) is 0 Å². The Balaban J connectivity index is 1.69. The van der Waals surface area contributed by atoms with Crippen LogP contribution in [0.4, 0.5) is 0 Å². The molecule has 172 valence electrons. The van der Waals surface area contributed by atoms with E-state index >= 15 is 0 Å². The van der Waals surface area contributed by atoms with E-state index in [1.54, 1.807) is 0 Å². The Hall–Kier alpha value is -4.88. The number of fused-ring (bicyclic) bond motifs is 4. The maximum Gasteiger partial charge on any atom is 0.218 e. The number of rotatable bonds is 3. The zero-order chi connectivity index (χ0) is 24.3. The fraction of sp³-hybridized carbons (Fsp3) is 0. The van der Waals surface area contributed by atoms with Gasteiger partial charge in [0.2, 0.25) is 11.2 Å². The Labute approximate surface area is 215 Å². The first-order chi connectivity index (χ1) is 18.4. The van der Waals surface area contributed by atoms with Crippen LogP contribution in [0.1, 0.15) is 0 Å². The zero-order valence-electron chi connectivity index (χ0n) is 20.2. The van der Waals surface area contributed by atoms with Crippen LogP contribution in [-0.4, -0.2) is 0 Å². The number of pyridine rings is 1. The van der Waals surface area contributed by atoms with Crippen LogP contribution < -0.4 is 4.57 Å². The lowest BCUT2D eigenvalue weighted by Gasteiger charge is -2.11. The zero-order valence-corrected chi connectivity index (χ0v) is 20.2. The number of para-hydroxylation sites is 1. The van der Waals surface area contributed by atoms with E-state index in [9.17, 15) is 0 Å². The molecule has 0 amide bonds. The van der Waals surface area contributed by atoms with Gasteiger partial charge in [0, 0.05) is 28.6 Å². The highest BCUT2D eigenvalue weighted by molar-refractivity contribution is 6.38. The number of hydrogen-bond acceptors (Lipinski definition) is 0. The van der Waals surface area contributed by atoms with Crippen molar-refractivity contribution in [3.63, 3.8) is 0 Å². The molecule has 1 aromatic heterocycles. The largest absolute Gasteiger partial charge is 0.218 e. The van der Waals surface area contributed by atoms with Gasteiger partial charge in [0.1, 0.15) is 0 Å². The molecule has 0 N–H and O–H groups in total. The van der Waals surface area contributed by atoms with Gasteiger partial charge in [-0.25, -0.2) is 0 Å². The molecule has 1 heterocycles. The van der Waals surface area contributed by atoms with E-state index in [2.05, 4.69) is 144 Å². The molecular weight excluding hydrogens is 446 g/mol. The summed E-state index contributed by atoms with van der Waals surface area (Å²) in [7, 11) is 0. The Bertz CT molecular complexity index is 1950. The molecule has 37 heavy (non-hydrogen) atoms. The molecule has 0 bridgehead atoms. The van der Waals surface area contributed by atoms with Crippen molar-refractivity contribution in [1.29, 1.82) is 0 Å². The number of nitrogens with zero attached hydrogens (tertiary/aromatic N) is 1. The third kappa shape index (κ3) is 2.86. The second kappa shape index (κ2) is 7.81. The second-order valence-electron chi connectivity index (χ2n) is 9.73. The summed E-state index contributed by atoms with van der Waals surface area (Å²) in [6, 6.07) is 48.3. The number of benzene rings is 5. The summed E-state index contributed by atoms with van der Waals surface area (Å²) in [5.41, 5.74) is 7.50. The third-order valence-electron chi connectivity index (χ3n) is 7.74. The first-order valence-electron chi connectivity index (χ1n) is 12.8. The molecule has 0 saturated heterocycles. The van der Waals surface area contributed by atoms with Gasteiger partial charge in [0.15, 0.2) is 6.20 Å². The normalized spacial score (nSPS) is 11.8. The lowest BCUT2D eigenvalue weighted by Crippen LogP contribution is -2.31. The van der Waals surface area contributed by atoms with Crippen LogP contribution in [0, 0.1) is 0 Å². The van der Waals surface area contributed by atoms with Crippen LogP contribution >= 0.6 is 0 Å². The van der Waals surface area contributed by atoms with Crippen molar-refractivity contribution in [3.05, 3.63) is 140 Å². The predicted molar refractivity (Wildman–Crippen MR) is 156 cm³/mol. The maximum absolute atomic E-state index is 2.40. The minimum absolute atomic E-state index is 1.20. The first-order valence-corrected chi connectivity index (χ1v) is 12.8. The highest BCUT2D eigenvalue weighted by Gasteiger charge is 2.29. The minimum atomic E-state index is 1.20. The minimum Gasteiger partial charge on any atom is -0.160 e. The summed E-state index contributed by atoms with van der Waals surface area (Å²) in [6.07, 6.45) is 2.22. The standard InChI is InChI=1S/C36H23N/c1-3-13-26(14-4-1)32-34-28-20-9-17-25-18-10-21-29(31(25)28)35(34)33(27-15-5-2-6-16-27)36(32)37-23-11-19-24-12-7-8-22-30(24)37/h1-23H. The summed E-state index contributed by atoms with van der Waals surface area (Å²) in [5, 5.41) is 9.21. The van der Waals surface area contributed by atoms with E-state index in [0.717, 1.165) is 0 Å². The Morgan fingerprint density at radius 3 is 1.62 bits per heavy atom. The topological polar surface area (TPSA) is 3.88 Å². The SMILES string of the molecule is c1ccc(-c2c(-[n+]3cccc4ccccc43)c(-c3ccccc3)c3c2c2cccc4cccc3[c-]42)cc1. The fourth-order valence-electron chi connectivity index (χ4n) is 6.28. The molecular formula is C36H23N. The smallest absolute Gasteiger partial charge is 0.160 e. The Kier molecular flexibility index (Phi) is 4.29. The van der Waals surface area contributed by atoms with Gasteiger partial charge in [0.25, 0.3) is 0 Å². The molecule has 0 fully saturated rings. The Morgan fingerprint density at radius 2 is 1.00 bits per heavy atom. The highest BCUT2D eigenvalue weighted by atomic mass is 15.0. The van der Waals surface area contributed by atoms with Crippen LogP contribution in [0.25, 0.3) is 71.2 Å². The van der Waals surface area contributed by atoms with E-state index < -0.39 is 0 Å². The summed E-state index contributed by atoms with van der Waals surface area (Å²) in [6.45, 7) is 0. The molecule has 1 heteroatoms. The Morgan fingerprint density at radius 1 is 0.459 bits per heavy atom. The molecule has 0 aliphatic heterocycles. The second-order valence-corrected chi connectivity index (χ2v) is 9.73. The fourth-order valence-corrected chi connectivity index (χ4v) is 6.28. The van der Waals surface area contributed by atoms with Crippen LogP contribution in [0.5, 0.6) is 0 Å². The van der Waals surface area contributed by atoms with E-state index in [1.165, 1.54) is 71.2 Å². The molecule has 0 radical (unpaired) electrons. The van der Waals surface area contributed by atoms with Gasteiger partial charge in [0.05, 0.1) is 0 Å². The highest BCUT2D eigenvalue weighted by Crippen LogP contribution is 2.52. The van der Waals surface area contributed by atoms with Crippen molar-refractivity contribution in [2.24, 2.45) is 0 Å². The van der Waals surface area contributed by atoms with Crippen molar-refractivity contribution in [3.8, 4) is 27.9 Å². The maximum atomic E-state index is 2.40. The van der Waals surface area contributed by atoms with E-state index in [4.69, 9.17) is 0 Å². The van der Waals surface area contributed by atoms with Gasteiger partial charge in [-0.1, -0.05) is 105 Å². The molecule has 8 aromatic rings. The molecule has 0 atom stereocenters. The van der Waals surface area contributed by atoms with Gasteiger partial charge in [-0.05, 0) is 23.3 Å². The molecule has 0 aliphatic carbocycles. The predicted octanol–water partition coefficient (Wildman–Crippen LogP) is 9.07. The van der Waals surface area contributed by atoms with Crippen LogP contribution in [-0.2, 0) is 0 Å². The van der Waals surface area contributed by atoms with Crippen molar-refractivity contribution in [2.45, 2.75) is 0 Å². The number of hydrogen-bond donors (Lipinski definition) is 0. The van der Waals surface area contributed by atoms with E-state index in [-0.39, 0.29) is 0 Å². The summed E-state index contributed by atoms with van der Waals surface area (Å²) in [5.74, 6) is 0. The van der Waals surface area contributed by atoms with Crippen LogP contribution in [0.15, 0.2) is 140 Å². The lowest BCUT2D eigenvalue weighted by atomic mass is 9.98. The van der Waals surface area contributed by atoms with Gasteiger partial charge < -0.3 is 0 Å². The van der Waals surface area contributed by atoms with E-state index in [1.807, 2.05) is 0 Å². The summed E-state index contributed by atoms with van der Waals surface area (Å²) < 4.78 is 2.40. The number of aromatic nitrogens is 1. The summed E-state index contributed by atoms with van der Waals surface area (Å²) >= 11 is 0. The molecule has 8 rings (SSSR count). The quantitative estimate of drug-likeness (QED) is 0.179. The van der Waals surface area contributed by atoms with Crippen LogP contribution in [0.2, 0.25) is 0 Å². The van der Waals surface area contributed by atoms with Crippen LogP contribution in [0.3, 0.4) is 0 Å². The monoisotopic (exact) mass is 469 g/mol. The molecule has 0 unspecified atom stereocenters. The average molecular weight is 470 g/mol. The van der Waals surface area contributed by atoms with Gasteiger partial charge in [-0.15, -0.1) is 36.4 Å². The average Bonchev–Trinajstić information content (AvgIpc) is 3.48. The van der Waals surface area contributed by atoms with Crippen molar-refractivity contribution in [2.75, 3.05) is 0 Å². The summed E-state index contributed by atoms with van der Waals surface area (Å²) in [4.78, 5) is 0. The van der Waals surface area contributed by atoms with Gasteiger partial charge in [-0.3, -0.25) is 0 Å². The van der Waals surface area contributed by atoms with Crippen molar-refractivity contribution < 1.29 is 4.57 Å². The van der Waals surface area contributed by atoms with Gasteiger partial charge >= 0.3 is 0 Å². The van der Waals surface area contributed by atoms with Crippen molar-refractivity contribution >= 4 is 43.2 Å². The first kappa shape index (κ1) is 20.3. The molecule has 0 aliphatic rings.